The number of amides is 1. The number of hydrogen-bond acceptors (Lipinski definition) is 5. The van der Waals surface area contributed by atoms with Crippen LogP contribution in [0.25, 0.3) is 10.9 Å². The van der Waals surface area contributed by atoms with Gasteiger partial charge < -0.3 is 5.32 Å². The van der Waals surface area contributed by atoms with Gasteiger partial charge >= 0.3 is 0 Å². The van der Waals surface area contributed by atoms with Crippen LogP contribution in [-0.2, 0) is 23.6 Å². The number of hydrogen-bond donors (Lipinski definition) is 2. The maximum Gasteiger partial charge on any atom is 0.274 e. The summed E-state index contributed by atoms with van der Waals surface area (Å²) in [4.78, 5) is 13.2. The number of halogens is 2. The Morgan fingerprint density at radius 3 is 2.65 bits per heavy atom. The molecule has 2 aromatic carbocycles. The summed E-state index contributed by atoms with van der Waals surface area (Å²) in [6, 6.07) is 8.75. The van der Waals surface area contributed by atoms with Crippen molar-refractivity contribution in [3.05, 3.63) is 65.3 Å². The number of benzene rings is 2. The second-order valence-electron chi connectivity index (χ2n) is 8.24. The highest BCUT2D eigenvalue weighted by Gasteiger charge is 2.27. The predicted octanol–water partition coefficient (Wildman–Crippen LogP) is 4.03. The molecule has 2 heterocycles. The van der Waals surface area contributed by atoms with Gasteiger partial charge in [-0.2, -0.15) is 10.2 Å². The maximum absolute atomic E-state index is 13.5. The summed E-state index contributed by atoms with van der Waals surface area (Å²) < 4.78 is 44.3. The van der Waals surface area contributed by atoms with Gasteiger partial charge in [-0.3, -0.25) is 18.9 Å². The van der Waals surface area contributed by atoms with E-state index in [9.17, 15) is 17.6 Å². The van der Waals surface area contributed by atoms with Gasteiger partial charge in [-0.1, -0.05) is 11.6 Å². The molecule has 5 rings (SSSR count). The first kappa shape index (κ1) is 22.4. The van der Waals surface area contributed by atoms with Crippen LogP contribution in [0.5, 0.6) is 0 Å². The van der Waals surface area contributed by atoms with E-state index >= 15 is 0 Å². The molecule has 1 aliphatic rings. The minimum absolute atomic E-state index is 0.0346. The molecule has 12 heteroatoms. The molecule has 2 N–H and O–H groups in total. The van der Waals surface area contributed by atoms with Gasteiger partial charge in [0, 0.05) is 30.9 Å². The highest BCUT2D eigenvalue weighted by molar-refractivity contribution is 7.92. The summed E-state index contributed by atoms with van der Waals surface area (Å²) >= 11 is 5.84. The number of aromatic nitrogens is 4. The topological polar surface area (TPSA) is 111 Å². The molecule has 0 bridgehead atoms. The fraction of sp³-hybridized carbons (Fsp3) is 0.227. The van der Waals surface area contributed by atoms with Crippen molar-refractivity contribution in [2.75, 3.05) is 10.0 Å². The van der Waals surface area contributed by atoms with Crippen molar-refractivity contribution in [3.8, 4) is 0 Å². The Balaban J connectivity index is 1.48. The van der Waals surface area contributed by atoms with Gasteiger partial charge in [-0.15, -0.1) is 0 Å². The van der Waals surface area contributed by atoms with Crippen LogP contribution in [0.3, 0.4) is 0 Å². The van der Waals surface area contributed by atoms with Crippen molar-refractivity contribution in [2.24, 2.45) is 13.0 Å². The molecule has 0 spiro atoms. The molecule has 1 amide bonds. The average Bonchev–Trinajstić information content (AvgIpc) is 3.35. The molecule has 1 fully saturated rings. The SMILES string of the molecule is Cn1cc(S(=O)(=O)Nc2ccc3c(C(=O)Nc4ccc(F)c(Cl)c4)n(CC4CC4)nc3c2)cn1. The van der Waals surface area contributed by atoms with E-state index in [2.05, 4.69) is 20.2 Å². The Labute approximate surface area is 199 Å². The Kier molecular flexibility index (Phi) is 5.53. The molecule has 2 aromatic heterocycles. The zero-order chi connectivity index (χ0) is 24.0. The van der Waals surface area contributed by atoms with Crippen molar-refractivity contribution >= 4 is 49.8 Å². The van der Waals surface area contributed by atoms with Gasteiger partial charge in [-0.05, 0) is 55.2 Å². The van der Waals surface area contributed by atoms with Crippen molar-refractivity contribution in [2.45, 2.75) is 24.3 Å². The number of nitrogens with one attached hydrogen (secondary N) is 2. The molecule has 0 radical (unpaired) electrons. The zero-order valence-corrected chi connectivity index (χ0v) is 19.6. The van der Waals surface area contributed by atoms with Gasteiger partial charge in [-0.25, -0.2) is 12.8 Å². The zero-order valence-electron chi connectivity index (χ0n) is 18.0. The monoisotopic (exact) mass is 502 g/mol. The number of aryl methyl sites for hydroxylation is 1. The predicted molar refractivity (Wildman–Crippen MR) is 126 cm³/mol. The number of carbonyl (C=O) groups excluding carboxylic acids is 1. The van der Waals surface area contributed by atoms with E-state index in [0.717, 1.165) is 12.8 Å². The first-order valence-electron chi connectivity index (χ1n) is 10.5. The summed E-state index contributed by atoms with van der Waals surface area (Å²) in [7, 11) is -2.20. The van der Waals surface area contributed by atoms with Crippen LogP contribution in [-0.4, -0.2) is 33.9 Å². The Bertz CT molecular complexity index is 1530. The molecule has 4 aromatic rings. The van der Waals surface area contributed by atoms with Crippen LogP contribution < -0.4 is 10.0 Å². The molecule has 0 unspecified atom stereocenters. The summed E-state index contributed by atoms with van der Waals surface area (Å²) in [5.41, 5.74) is 1.47. The summed E-state index contributed by atoms with van der Waals surface area (Å²) in [5.74, 6) is -0.565. The van der Waals surface area contributed by atoms with Crippen LogP contribution in [0.2, 0.25) is 5.02 Å². The molecule has 176 valence electrons. The third-order valence-electron chi connectivity index (χ3n) is 5.50. The molecule has 9 nitrogen and oxygen atoms in total. The van der Waals surface area contributed by atoms with Crippen LogP contribution in [0.15, 0.2) is 53.7 Å². The number of carbonyl (C=O) groups is 1. The van der Waals surface area contributed by atoms with E-state index in [4.69, 9.17) is 11.6 Å². The smallest absolute Gasteiger partial charge is 0.274 e. The van der Waals surface area contributed by atoms with E-state index in [1.54, 1.807) is 29.9 Å². The highest BCUT2D eigenvalue weighted by atomic mass is 35.5. The first-order chi connectivity index (χ1) is 16.2. The number of sulfonamides is 1. The quantitative estimate of drug-likeness (QED) is 0.396. The normalized spacial score (nSPS) is 13.9. The lowest BCUT2D eigenvalue weighted by molar-refractivity contribution is 0.101. The second-order valence-corrected chi connectivity index (χ2v) is 10.3. The minimum atomic E-state index is -3.83. The Hall–Kier alpha value is -3.44. The van der Waals surface area contributed by atoms with Gasteiger partial charge in [0.2, 0.25) is 0 Å². The van der Waals surface area contributed by atoms with Gasteiger partial charge in [0.15, 0.2) is 0 Å². The van der Waals surface area contributed by atoms with Crippen molar-refractivity contribution in [1.82, 2.24) is 19.6 Å². The van der Waals surface area contributed by atoms with Crippen molar-refractivity contribution < 1.29 is 17.6 Å². The van der Waals surface area contributed by atoms with Gasteiger partial charge in [0.25, 0.3) is 15.9 Å². The Morgan fingerprint density at radius 2 is 1.97 bits per heavy atom. The average molecular weight is 503 g/mol. The largest absolute Gasteiger partial charge is 0.321 e. The highest BCUT2D eigenvalue weighted by Crippen LogP contribution is 2.33. The lowest BCUT2D eigenvalue weighted by Crippen LogP contribution is -2.18. The lowest BCUT2D eigenvalue weighted by atomic mass is 10.1. The third-order valence-corrected chi connectivity index (χ3v) is 7.13. The molecular formula is C22H20ClFN6O3S. The van der Waals surface area contributed by atoms with E-state index in [0.29, 0.717) is 40.4 Å². The molecular weight excluding hydrogens is 483 g/mol. The first-order valence-corrected chi connectivity index (χ1v) is 12.3. The number of fused-ring (bicyclic) bond motifs is 1. The van der Waals surface area contributed by atoms with Crippen molar-refractivity contribution in [3.63, 3.8) is 0 Å². The third kappa shape index (κ3) is 4.48. The van der Waals surface area contributed by atoms with Crippen molar-refractivity contribution in [1.29, 1.82) is 0 Å². The van der Waals surface area contributed by atoms with Crippen LogP contribution in [0.4, 0.5) is 15.8 Å². The minimum Gasteiger partial charge on any atom is -0.321 e. The number of rotatable bonds is 7. The molecule has 1 saturated carbocycles. The molecule has 1 aliphatic carbocycles. The summed E-state index contributed by atoms with van der Waals surface area (Å²) in [5, 5.41) is 11.7. The summed E-state index contributed by atoms with van der Waals surface area (Å²) in [6.07, 6.45) is 4.77. The molecule has 34 heavy (non-hydrogen) atoms. The fourth-order valence-corrected chi connectivity index (χ4v) is 4.84. The molecule has 0 atom stereocenters. The van der Waals surface area contributed by atoms with Gasteiger partial charge in [0.1, 0.15) is 16.4 Å². The number of anilines is 2. The second kappa shape index (κ2) is 8.41. The van der Waals surface area contributed by atoms with Crippen LogP contribution in [0.1, 0.15) is 23.3 Å². The van der Waals surface area contributed by atoms with E-state index in [1.165, 1.54) is 35.3 Å². The van der Waals surface area contributed by atoms with E-state index in [-0.39, 0.29) is 9.92 Å². The maximum atomic E-state index is 13.5. The van der Waals surface area contributed by atoms with E-state index < -0.39 is 21.7 Å². The van der Waals surface area contributed by atoms with E-state index in [1.807, 2.05) is 0 Å². The van der Waals surface area contributed by atoms with Gasteiger partial charge in [0.05, 0.1) is 22.4 Å². The molecule has 0 aliphatic heterocycles. The number of nitrogens with zero attached hydrogens (tertiary/aromatic N) is 4. The Morgan fingerprint density at radius 1 is 1.21 bits per heavy atom. The molecule has 0 saturated heterocycles. The standard InChI is InChI=1S/C22H20ClFN6O3S/c1-29-12-16(10-25-29)34(32,33)28-15-4-6-17-20(9-15)27-30(11-13-2-3-13)21(17)22(31)26-14-5-7-19(24)18(23)8-14/h4-10,12-13,28H,2-3,11H2,1H3,(H,26,31). The fourth-order valence-electron chi connectivity index (χ4n) is 3.63. The van der Waals surface area contributed by atoms with Crippen LogP contribution >= 0.6 is 11.6 Å². The summed E-state index contributed by atoms with van der Waals surface area (Å²) in [6.45, 7) is 0.568. The van der Waals surface area contributed by atoms with Crippen LogP contribution in [0, 0.1) is 11.7 Å². The lowest BCUT2D eigenvalue weighted by Gasteiger charge is -2.09.